The quantitative estimate of drug-likeness (QED) is 0.634. The molecule has 144 valence electrons. The van der Waals surface area contributed by atoms with E-state index >= 15 is 0 Å². The van der Waals surface area contributed by atoms with Crippen LogP contribution in [0.15, 0.2) is 43.9 Å². The fraction of sp³-hybridized carbons (Fsp3) is 0.368. The summed E-state index contributed by atoms with van der Waals surface area (Å²) in [6, 6.07) is 7.20. The third-order valence-electron chi connectivity index (χ3n) is 4.48. The molecule has 1 aromatic heterocycles. The highest BCUT2D eigenvalue weighted by atomic mass is 79.9. The Kier molecular flexibility index (Phi) is 6.73. The van der Waals surface area contributed by atoms with Crippen molar-refractivity contribution in [2.75, 3.05) is 18.4 Å². The highest BCUT2D eigenvalue weighted by molar-refractivity contribution is 9.11. The van der Waals surface area contributed by atoms with Gasteiger partial charge in [0, 0.05) is 8.95 Å². The number of likely N-dealkylation sites (tertiary alicyclic amines) is 1. The number of benzene rings is 1. The van der Waals surface area contributed by atoms with Gasteiger partial charge >= 0.3 is 0 Å². The molecule has 0 spiro atoms. The van der Waals surface area contributed by atoms with Crippen LogP contribution in [0.5, 0.6) is 0 Å². The zero-order chi connectivity index (χ0) is 19.4. The maximum Gasteiger partial charge on any atom is 0.238 e. The van der Waals surface area contributed by atoms with Crippen molar-refractivity contribution in [3.8, 4) is 0 Å². The van der Waals surface area contributed by atoms with Gasteiger partial charge in [0.05, 0.1) is 31.1 Å². The first-order chi connectivity index (χ1) is 12.9. The Labute approximate surface area is 174 Å². The summed E-state index contributed by atoms with van der Waals surface area (Å²) in [7, 11) is 0. The summed E-state index contributed by atoms with van der Waals surface area (Å²) in [5.41, 5.74) is 1.78. The third-order valence-corrected chi connectivity index (χ3v) is 5.73. The van der Waals surface area contributed by atoms with Crippen LogP contribution < -0.4 is 10.6 Å². The van der Waals surface area contributed by atoms with Gasteiger partial charge in [-0.1, -0.05) is 0 Å². The van der Waals surface area contributed by atoms with Gasteiger partial charge in [-0.25, -0.2) is 0 Å². The molecule has 0 bridgehead atoms. The fourth-order valence-electron chi connectivity index (χ4n) is 3.20. The van der Waals surface area contributed by atoms with Crippen molar-refractivity contribution in [3.05, 3.63) is 50.8 Å². The minimum Gasteiger partial charge on any atom is -0.467 e. The summed E-state index contributed by atoms with van der Waals surface area (Å²) >= 11 is 6.96. The Balaban J connectivity index is 1.57. The number of carbonyl (C=O) groups is 2. The van der Waals surface area contributed by atoms with E-state index in [0.717, 1.165) is 33.9 Å². The largest absolute Gasteiger partial charge is 0.467 e. The van der Waals surface area contributed by atoms with E-state index in [1.807, 2.05) is 30.0 Å². The monoisotopic (exact) mass is 497 g/mol. The smallest absolute Gasteiger partial charge is 0.238 e. The molecular weight excluding hydrogens is 478 g/mol. The van der Waals surface area contributed by atoms with Gasteiger partial charge < -0.3 is 15.1 Å². The summed E-state index contributed by atoms with van der Waals surface area (Å²) in [5, 5.41) is 5.81. The maximum atomic E-state index is 12.5. The van der Waals surface area contributed by atoms with Gasteiger partial charge in [0.15, 0.2) is 0 Å². The standard InChI is InChI=1S/C19H21Br2N3O3/c1-12-8-14(20)18(15(21)9-12)23-17(25)11-24-6-2-5-16(24)19(26)22-10-13-4-3-7-27-13/h3-4,7-9,16H,2,5-6,10-11H2,1H3,(H,22,26)(H,23,25)/t16-/m1/s1. The SMILES string of the molecule is Cc1cc(Br)c(NC(=O)CN2CCC[C@@H]2C(=O)NCc2ccco2)c(Br)c1. The maximum absolute atomic E-state index is 12.5. The molecule has 27 heavy (non-hydrogen) atoms. The van der Waals surface area contributed by atoms with E-state index in [2.05, 4.69) is 42.5 Å². The second-order valence-corrected chi connectivity index (χ2v) is 8.29. The number of furan rings is 1. The molecule has 1 atom stereocenters. The van der Waals surface area contributed by atoms with Crippen LogP contribution in [-0.4, -0.2) is 35.8 Å². The number of hydrogen-bond acceptors (Lipinski definition) is 4. The minimum absolute atomic E-state index is 0.0746. The van der Waals surface area contributed by atoms with Gasteiger partial charge in [-0.15, -0.1) is 0 Å². The van der Waals surface area contributed by atoms with E-state index < -0.39 is 0 Å². The molecule has 0 aliphatic carbocycles. The van der Waals surface area contributed by atoms with Gasteiger partial charge in [0.25, 0.3) is 0 Å². The molecule has 0 radical (unpaired) electrons. The topological polar surface area (TPSA) is 74.6 Å². The first-order valence-electron chi connectivity index (χ1n) is 8.73. The lowest BCUT2D eigenvalue weighted by molar-refractivity contribution is -0.126. The summed E-state index contributed by atoms with van der Waals surface area (Å²) in [6.07, 6.45) is 3.22. The number of halogens is 2. The summed E-state index contributed by atoms with van der Waals surface area (Å²) in [4.78, 5) is 26.9. The van der Waals surface area contributed by atoms with Crippen molar-refractivity contribution in [3.63, 3.8) is 0 Å². The zero-order valence-corrected chi connectivity index (χ0v) is 18.1. The van der Waals surface area contributed by atoms with E-state index in [1.54, 1.807) is 12.3 Å². The number of hydrogen-bond donors (Lipinski definition) is 2. The van der Waals surface area contributed by atoms with Crippen molar-refractivity contribution < 1.29 is 14.0 Å². The molecule has 0 saturated carbocycles. The number of aryl methyl sites for hydroxylation is 1. The molecule has 2 amide bonds. The molecule has 1 aliphatic rings. The van der Waals surface area contributed by atoms with Gasteiger partial charge in [-0.3, -0.25) is 14.5 Å². The number of nitrogens with one attached hydrogen (secondary N) is 2. The molecule has 3 rings (SSSR count). The van der Waals surface area contributed by atoms with E-state index in [4.69, 9.17) is 4.42 Å². The van der Waals surface area contributed by atoms with E-state index in [-0.39, 0.29) is 24.4 Å². The third kappa shape index (κ3) is 5.21. The van der Waals surface area contributed by atoms with Crippen LogP contribution in [0.25, 0.3) is 0 Å². The molecule has 2 N–H and O–H groups in total. The van der Waals surface area contributed by atoms with Crippen LogP contribution in [0, 0.1) is 6.92 Å². The molecular formula is C19H21Br2N3O3. The highest BCUT2D eigenvalue weighted by Crippen LogP contribution is 2.32. The molecule has 1 saturated heterocycles. The predicted molar refractivity (Wildman–Crippen MR) is 110 cm³/mol. The molecule has 8 heteroatoms. The van der Waals surface area contributed by atoms with Gasteiger partial charge in [0.1, 0.15) is 5.76 Å². The Morgan fingerprint density at radius 3 is 2.70 bits per heavy atom. The van der Waals surface area contributed by atoms with Crippen LogP contribution in [0.3, 0.4) is 0 Å². The second-order valence-electron chi connectivity index (χ2n) is 6.58. The first-order valence-corrected chi connectivity index (χ1v) is 10.3. The predicted octanol–water partition coefficient (Wildman–Crippen LogP) is 3.83. The number of anilines is 1. The van der Waals surface area contributed by atoms with E-state index in [9.17, 15) is 9.59 Å². The van der Waals surface area contributed by atoms with Crippen LogP contribution in [0.2, 0.25) is 0 Å². The van der Waals surface area contributed by atoms with Crippen LogP contribution in [0.4, 0.5) is 5.69 Å². The zero-order valence-electron chi connectivity index (χ0n) is 14.9. The first kappa shape index (κ1) is 20.1. The normalized spacial score (nSPS) is 17.1. The fourth-order valence-corrected chi connectivity index (χ4v) is 4.81. The van der Waals surface area contributed by atoms with Gasteiger partial charge in [-0.2, -0.15) is 0 Å². The number of rotatable bonds is 6. The molecule has 6 nitrogen and oxygen atoms in total. The molecule has 1 fully saturated rings. The molecule has 1 aliphatic heterocycles. The lowest BCUT2D eigenvalue weighted by Crippen LogP contribution is -2.45. The molecule has 1 aromatic carbocycles. The highest BCUT2D eigenvalue weighted by Gasteiger charge is 2.32. The number of nitrogens with zero attached hydrogens (tertiary/aromatic N) is 1. The summed E-state index contributed by atoms with van der Waals surface area (Å²) in [5.74, 6) is 0.486. The lowest BCUT2D eigenvalue weighted by Gasteiger charge is -2.23. The van der Waals surface area contributed by atoms with Gasteiger partial charge in [-0.05, 0) is 88.0 Å². The molecule has 2 heterocycles. The Bertz CT molecular complexity index is 801. The Hall–Kier alpha value is -1.64. The van der Waals surface area contributed by atoms with Crippen LogP contribution >= 0.6 is 31.9 Å². The van der Waals surface area contributed by atoms with E-state index in [1.165, 1.54) is 0 Å². The minimum atomic E-state index is -0.296. The van der Waals surface area contributed by atoms with Gasteiger partial charge in [0.2, 0.25) is 11.8 Å². The molecule has 2 aromatic rings. The summed E-state index contributed by atoms with van der Waals surface area (Å²) < 4.78 is 6.87. The molecule has 0 unspecified atom stereocenters. The number of amides is 2. The van der Waals surface area contributed by atoms with Crippen molar-refractivity contribution in [1.29, 1.82) is 0 Å². The Morgan fingerprint density at radius 1 is 1.30 bits per heavy atom. The lowest BCUT2D eigenvalue weighted by atomic mass is 10.2. The van der Waals surface area contributed by atoms with Crippen molar-refractivity contribution >= 4 is 49.4 Å². The van der Waals surface area contributed by atoms with Crippen LogP contribution in [0.1, 0.15) is 24.2 Å². The Morgan fingerprint density at radius 2 is 2.04 bits per heavy atom. The van der Waals surface area contributed by atoms with Crippen molar-refractivity contribution in [2.24, 2.45) is 0 Å². The van der Waals surface area contributed by atoms with Crippen LogP contribution in [-0.2, 0) is 16.1 Å². The van der Waals surface area contributed by atoms with Crippen molar-refractivity contribution in [1.82, 2.24) is 10.2 Å². The summed E-state index contributed by atoms with van der Waals surface area (Å²) in [6.45, 7) is 3.23. The number of carbonyl (C=O) groups excluding carboxylic acids is 2. The average Bonchev–Trinajstić information content (AvgIpc) is 3.27. The average molecular weight is 499 g/mol. The second kappa shape index (κ2) is 9.03. The van der Waals surface area contributed by atoms with Crippen molar-refractivity contribution in [2.45, 2.75) is 32.4 Å². The van der Waals surface area contributed by atoms with E-state index in [0.29, 0.717) is 18.0 Å².